The molecule has 0 spiro atoms. The highest BCUT2D eigenvalue weighted by atomic mass is 35.5. The van der Waals surface area contributed by atoms with Gasteiger partial charge < -0.3 is 9.30 Å². The number of amides is 1. The summed E-state index contributed by atoms with van der Waals surface area (Å²) in [6, 6.07) is 5.45. The molecule has 2 rings (SSSR count). The zero-order valence-corrected chi connectivity index (χ0v) is 16.6. The molecule has 0 aliphatic carbocycles. The van der Waals surface area contributed by atoms with Crippen LogP contribution in [0.15, 0.2) is 23.2 Å². The Balaban J connectivity index is 2.40. The molecule has 0 aliphatic heterocycles. The molecule has 0 N–H and O–H groups in total. The number of fused-ring (bicyclic) bond motifs is 1. The van der Waals surface area contributed by atoms with E-state index in [1.54, 1.807) is 6.07 Å². The first-order valence-electron chi connectivity index (χ1n) is 7.58. The lowest BCUT2D eigenvalue weighted by molar-refractivity contribution is -0.118. The summed E-state index contributed by atoms with van der Waals surface area (Å²) in [5.74, 6) is -0.532. The van der Waals surface area contributed by atoms with E-state index in [0.29, 0.717) is 29.6 Å². The highest BCUT2D eigenvalue weighted by molar-refractivity contribution is 7.88. The lowest BCUT2D eigenvalue weighted by Gasteiger charge is -2.10. The van der Waals surface area contributed by atoms with Gasteiger partial charge in [-0.2, -0.15) is 9.30 Å². The van der Waals surface area contributed by atoms with Gasteiger partial charge >= 0.3 is 0 Å². The van der Waals surface area contributed by atoms with Crippen molar-refractivity contribution in [3.8, 4) is 0 Å². The number of sulfonamides is 1. The van der Waals surface area contributed by atoms with Crippen LogP contribution in [0, 0.1) is 0 Å². The number of benzene rings is 1. The molecule has 1 aromatic carbocycles. The van der Waals surface area contributed by atoms with E-state index >= 15 is 0 Å². The van der Waals surface area contributed by atoms with Crippen molar-refractivity contribution in [2.24, 2.45) is 4.99 Å². The van der Waals surface area contributed by atoms with Crippen LogP contribution in [0.25, 0.3) is 10.2 Å². The molecule has 0 aliphatic rings. The number of halogens is 1. The molecule has 0 unspecified atom stereocenters. The van der Waals surface area contributed by atoms with Crippen molar-refractivity contribution in [1.82, 2.24) is 8.87 Å². The minimum atomic E-state index is -3.44. The molecule has 25 heavy (non-hydrogen) atoms. The van der Waals surface area contributed by atoms with E-state index in [0.717, 1.165) is 20.8 Å². The van der Waals surface area contributed by atoms with E-state index in [9.17, 15) is 13.2 Å². The fraction of sp³-hybridized carbons (Fsp3) is 0.467. The van der Waals surface area contributed by atoms with Gasteiger partial charge in [-0.05, 0) is 25.1 Å². The van der Waals surface area contributed by atoms with Crippen LogP contribution in [-0.4, -0.2) is 56.3 Å². The third-order valence-corrected chi connectivity index (χ3v) is 5.99. The Morgan fingerprint density at radius 2 is 2.16 bits per heavy atom. The van der Waals surface area contributed by atoms with Gasteiger partial charge in [0.25, 0.3) is 5.91 Å². The molecule has 0 saturated carbocycles. The summed E-state index contributed by atoms with van der Waals surface area (Å²) in [6.07, 6.45) is 1.05. The summed E-state index contributed by atoms with van der Waals surface area (Å²) in [5, 5.41) is 0.598. The number of aromatic nitrogens is 1. The standard InChI is InChI=1S/C15H20ClN3O4S2/c1-4-23-8-7-19-12-6-5-11(16)9-13(12)24-15(19)17-14(20)10-18(2)25(3,21)22/h5-6,9H,4,7-8,10H2,1-3H3. The van der Waals surface area contributed by atoms with Crippen LogP contribution >= 0.6 is 22.9 Å². The minimum Gasteiger partial charge on any atom is -0.380 e. The maximum absolute atomic E-state index is 12.2. The lowest BCUT2D eigenvalue weighted by Crippen LogP contribution is -2.31. The van der Waals surface area contributed by atoms with Gasteiger partial charge in [0.15, 0.2) is 4.80 Å². The first-order valence-corrected chi connectivity index (χ1v) is 10.6. The maximum Gasteiger partial charge on any atom is 0.263 e. The molecule has 0 bridgehead atoms. The maximum atomic E-state index is 12.2. The van der Waals surface area contributed by atoms with Gasteiger partial charge in [-0.3, -0.25) is 4.79 Å². The van der Waals surface area contributed by atoms with E-state index in [2.05, 4.69) is 4.99 Å². The zero-order valence-electron chi connectivity index (χ0n) is 14.2. The summed E-state index contributed by atoms with van der Waals surface area (Å²) in [4.78, 5) is 16.7. The van der Waals surface area contributed by atoms with Crippen molar-refractivity contribution in [2.75, 3.05) is 33.1 Å². The molecule has 1 aromatic heterocycles. The summed E-state index contributed by atoms with van der Waals surface area (Å²) in [6.45, 7) is 3.21. The van der Waals surface area contributed by atoms with E-state index in [1.165, 1.54) is 18.4 Å². The topological polar surface area (TPSA) is 81.0 Å². The van der Waals surface area contributed by atoms with Crippen LogP contribution in [-0.2, 0) is 26.1 Å². The van der Waals surface area contributed by atoms with Crippen LogP contribution in [0.2, 0.25) is 5.02 Å². The molecule has 0 atom stereocenters. The summed E-state index contributed by atoms with van der Waals surface area (Å²) < 4.78 is 32.0. The molecule has 0 fully saturated rings. The van der Waals surface area contributed by atoms with Crippen molar-refractivity contribution in [1.29, 1.82) is 0 Å². The van der Waals surface area contributed by atoms with Gasteiger partial charge in [0.2, 0.25) is 10.0 Å². The van der Waals surface area contributed by atoms with Crippen molar-refractivity contribution >= 4 is 49.1 Å². The zero-order chi connectivity index (χ0) is 18.6. The molecule has 138 valence electrons. The number of nitrogens with zero attached hydrogens (tertiary/aromatic N) is 3. The summed E-state index contributed by atoms with van der Waals surface area (Å²) >= 11 is 7.36. The highest BCUT2D eigenvalue weighted by Crippen LogP contribution is 2.21. The van der Waals surface area contributed by atoms with Gasteiger partial charge in [0.1, 0.15) is 0 Å². The second-order valence-electron chi connectivity index (χ2n) is 5.37. The first-order chi connectivity index (χ1) is 11.7. The third-order valence-electron chi connectivity index (χ3n) is 3.45. The van der Waals surface area contributed by atoms with Crippen LogP contribution in [0.3, 0.4) is 0 Å². The number of carbonyl (C=O) groups excluding carboxylic acids is 1. The van der Waals surface area contributed by atoms with Crippen LogP contribution in [0.1, 0.15) is 6.92 Å². The second kappa shape index (κ2) is 8.41. The van der Waals surface area contributed by atoms with Crippen molar-refractivity contribution in [3.05, 3.63) is 28.0 Å². The van der Waals surface area contributed by atoms with Crippen molar-refractivity contribution < 1.29 is 17.9 Å². The molecule has 1 heterocycles. The monoisotopic (exact) mass is 405 g/mol. The lowest BCUT2D eigenvalue weighted by atomic mass is 10.3. The van der Waals surface area contributed by atoms with E-state index in [-0.39, 0.29) is 6.54 Å². The molecule has 0 saturated heterocycles. The Bertz CT molecular complexity index is 934. The molecular weight excluding hydrogens is 386 g/mol. The predicted octanol–water partition coefficient (Wildman–Crippen LogP) is 1.71. The molecule has 1 amide bonds. The molecule has 2 aromatic rings. The van der Waals surface area contributed by atoms with Gasteiger partial charge in [0.05, 0.1) is 29.6 Å². The average molecular weight is 406 g/mol. The Kier molecular flexibility index (Phi) is 6.75. The number of thiazole rings is 1. The van der Waals surface area contributed by atoms with Gasteiger partial charge in [-0.15, -0.1) is 0 Å². The fourth-order valence-electron chi connectivity index (χ4n) is 2.10. The average Bonchev–Trinajstić information content (AvgIpc) is 2.83. The summed E-state index contributed by atoms with van der Waals surface area (Å²) in [7, 11) is -2.09. The van der Waals surface area contributed by atoms with E-state index in [1.807, 2.05) is 23.6 Å². The highest BCUT2D eigenvalue weighted by Gasteiger charge is 2.15. The second-order valence-corrected chi connectivity index (χ2v) is 8.90. The van der Waals surface area contributed by atoms with Crippen LogP contribution < -0.4 is 4.80 Å². The first kappa shape index (κ1) is 20.1. The number of carbonyl (C=O) groups is 1. The summed E-state index contributed by atoms with van der Waals surface area (Å²) in [5.41, 5.74) is 0.900. The van der Waals surface area contributed by atoms with Crippen molar-refractivity contribution in [2.45, 2.75) is 13.5 Å². The molecule has 0 radical (unpaired) electrons. The number of likely N-dealkylation sites (N-methyl/N-ethyl adjacent to an activating group) is 1. The molecular formula is C15H20ClN3O4S2. The van der Waals surface area contributed by atoms with Crippen LogP contribution in [0.5, 0.6) is 0 Å². The minimum absolute atomic E-state index is 0.306. The number of ether oxygens (including phenoxy) is 1. The Morgan fingerprint density at radius 3 is 2.80 bits per heavy atom. The van der Waals surface area contributed by atoms with E-state index in [4.69, 9.17) is 16.3 Å². The molecule has 10 heteroatoms. The fourth-order valence-corrected chi connectivity index (χ4v) is 3.79. The third kappa shape index (κ3) is 5.35. The number of hydrogen-bond acceptors (Lipinski definition) is 5. The smallest absolute Gasteiger partial charge is 0.263 e. The van der Waals surface area contributed by atoms with Crippen molar-refractivity contribution in [3.63, 3.8) is 0 Å². The number of hydrogen-bond donors (Lipinski definition) is 0. The largest absolute Gasteiger partial charge is 0.380 e. The Morgan fingerprint density at radius 1 is 1.44 bits per heavy atom. The van der Waals surface area contributed by atoms with Gasteiger partial charge in [-0.25, -0.2) is 8.42 Å². The Hall–Kier alpha value is -1.26. The molecule has 7 nitrogen and oxygen atoms in total. The SMILES string of the molecule is CCOCCn1c(=NC(=O)CN(C)S(C)(=O)=O)sc2cc(Cl)ccc21. The van der Waals surface area contributed by atoms with E-state index < -0.39 is 15.9 Å². The normalized spacial score (nSPS) is 13.1. The van der Waals surface area contributed by atoms with Gasteiger partial charge in [0, 0.05) is 25.2 Å². The number of rotatable bonds is 7. The van der Waals surface area contributed by atoms with Crippen LogP contribution in [0.4, 0.5) is 0 Å². The predicted molar refractivity (Wildman–Crippen MR) is 99.4 cm³/mol. The van der Waals surface area contributed by atoms with Gasteiger partial charge in [-0.1, -0.05) is 22.9 Å². The Labute approximate surface area is 155 Å². The quantitative estimate of drug-likeness (QED) is 0.657.